The van der Waals surface area contributed by atoms with Crippen molar-refractivity contribution in [3.63, 3.8) is 0 Å². The predicted molar refractivity (Wildman–Crippen MR) is 86.9 cm³/mol. The lowest BCUT2D eigenvalue weighted by Gasteiger charge is -2.11. The molecule has 0 spiro atoms. The summed E-state index contributed by atoms with van der Waals surface area (Å²) >= 11 is 1.74. The van der Waals surface area contributed by atoms with Crippen LogP contribution < -0.4 is 10.1 Å². The summed E-state index contributed by atoms with van der Waals surface area (Å²) < 4.78 is 6.63. The number of fused-ring (bicyclic) bond motifs is 1. The normalized spacial score (nSPS) is 10.3. The Kier molecular flexibility index (Phi) is 3.76. The second-order valence-electron chi connectivity index (χ2n) is 4.67. The Morgan fingerprint density at radius 2 is 2.10 bits per heavy atom. The average Bonchev–Trinajstić information content (AvgIpc) is 3.00. The highest BCUT2D eigenvalue weighted by Gasteiger charge is 2.05. The number of nitrogens with one attached hydrogen (secondary N) is 1. The Morgan fingerprint density at radius 3 is 2.90 bits per heavy atom. The minimum Gasteiger partial charge on any atom is -0.496 e. The molecule has 0 bridgehead atoms. The number of rotatable bonds is 4. The molecular formula is C17H14N2OS. The molecule has 0 saturated heterocycles. The Hall–Kier alpha value is -2.51. The first kappa shape index (κ1) is 13.5. The second-order valence-corrected chi connectivity index (χ2v) is 5.61. The lowest BCUT2D eigenvalue weighted by Crippen LogP contribution is -2.02. The number of thiophene rings is 1. The van der Waals surface area contributed by atoms with Gasteiger partial charge in [-0.15, -0.1) is 11.3 Å². The van der Waals surface area contributed by atoms with Crippen molar-refractivity contribution in [2.45, 2.75) is 6.54 Å². The Labute approximate surface area is 127 Å². The first-order valence-corrected chi connectivity index (χ1v) is 7.46. The highest BCUT2D eigenvalue weighted by atomic mass is 32.1. The second kappa shape index (κ2) is 5.86. The summed E-state index contributed by atoms with van der Waals surface area (Å²) in [6.45, 7) is 0.619. The van der Waals surface area contributed by atoms with Crippen molar-refractivity contribution in [1.29, 1.82) is 5.26 Å². The predicted octanol–water partition coefficient (Wildman–Crippen LogP) is 4.39. The van der Waals surface area contributed by atoms with E-state index < -0.39 is 0 Å². The van der Waals surface area contributed by atoms with Crippen LogP contribution >= 0.6 is 11.3 Å². The van der Waals surface area contributed by atoms with Crippen LogP contribution in [0, 0.1) is 11.3 Å². The smallest absolute Gasteiger partial charge is 0.123 e. The van der Waals surface area contributed by atoms with Gasteiger partial charge in [-0.3, -0.25) is 0 Å². The van der Waals surface area contributed by atoms with Gasteiger partial charge in [0.05, 0.1) is 18.7 Å². The number of ether oxygens (including phenoxy) is 1. The molecule has 0 unspecified atom stereocenters. The maximum Gasteiger partial charge on any atom is 0.123 e. The van der Waals surface area contributed by atoms with Crippen LogP contribution in [0.25, 0.3) is 10.1 Å². The lowest BCUT2D eigenvalue weighted by molar-refractivity contribution is 0.410. The number of benzene rings is 2. The molecule has 0 fully saturated rings. The molecule has 1 N–H and O–H groups in total. The number of anilines is 1. The molecule has 1 heterocycles. The van der Waals surface area contributed by atoms with Crippen molar-refractivity contribution in [3.8, 4) is 11.8 Å². The van der Waals surface area contributed by atoms with Gasteiger partial charge in [-0.1, -0.05) is 0 Å². The summed E-state index contributed by atoms with van der Waals surface area (Å²) in [5.41, 5.74) is 2.67. The molecule has 0 saturated carbocycles. The minimum absolute atomic E-state index is 0.619. The van der Waals surface area contributed by atoms with Gasteiger partial charge in [0.25, 0.3) is 0 Å². The van der Waals surface area contributed by atoms with Gasteiger partial charge in [0, 0.05) is 22.5 Å². The molecule has 4 heteroatoms. The molecule has 0 amide bonds. The minimum atomic E-state index is 0.619. The maximum absolute atomic E-state index is 9.00. The summed E-state index contributed by atoms with van der Waals surface area (Å²) in [5, 5.41) is 15.7. The number of nitrogens with zero attached hydrogens (tertiary/aromatic N) is 1. The van der Waals surface area contributed by atoms with Gasteiger partial charge in [-0.05, 0) is 53.2 Å². The van der Waals surface area contributed by atoms with Crippen molar-refractivity contribution >= 4 is 27.1 Å². The number of hydrogen-bond acceptors (Lipinski definition) is 4. The number of hydrogen-bond donors (Lipinski definition) is 1. The van der Waals surface area contributed by atoms with E-state index in [9.17, 15) is 0 Å². The summed E-state index contributed by atoms with van der Waals surface area (Å²) in [7, 11) is 1.64. The lowest BCUT2D eigenvalue weighted by atomic mass is 10.1. The highest BCUT2D eigenvalue weighted by molar-refractivity contribution is 7.17. The van der Waals surface area contributed by atoms with Gasteiger partial charge in [0.1, 0.15) is 5.75 Å². The Morgan fingerprint density at radius 1 is 1.19 bits per heavy atom. The zero-order chi connectivity index (χ0) is 14.7. The summed E-state index contributed by atoms with van der Waals surface area (Å²) in [4.78, 5) is 0. The van der Waals surface area contributed by atoms with Crippen LogP contribution in [0.5, 0.6) is 5.75 Å². The largest absolute Gasteiger partial charge is 0.496 e. The van der Waals surface area contributed by atoms with Gasteiger partial charge in [-0.2, -0.15) is 5.26 Å². The van der Waals surface area contributed by atoms with Gasteiger partial charge >= 0.3 is 0 Å². The summed E-state index contributed by atoms with van der Waals surface area (Å²) in [6.07, 6.45) is 0. The van der Waals surface area contributed by atoms with Crippen LogP contribution in [0.15, 0.2) is 47.8 Å². The summed E-state index contributed by atoms with van der Waals surface area (Å²) in [5.74, 6) is 0.790. The standard InChI is InChI=1S/C17H14N2OS/c1-20-16-4-2-12(10-18)8-14(16)11-19-15-3-5-17-13(9-15)6-7-21-17/h2-9,19H,11H2,1H3. The van der Waals surface area contributed by atoms with Crippen LogP contribution in [-0.4, -0.2) is 7.11 Å². The first-order chi connectivity index (χ1) is 10.3. The van der Waals surface area contributed by atoms with E-state index in [0.29, 0.717) is 12.1 Å². The zero-order valence-electron chi connectivity index (χ0n) is 11.6. The van der Waals surface area contributed by atoms with Crippen molar-refractivity contribution < 1.29 is 4.74 Å². The molecule has 1 aromatic heterocycles. The molecule has 3 rings (SSSR count). The van der Waals surface area contributed by atoms with Crippen molar-refractivity contribution in [1.82, 2.24) is 0 Å². The molecule has 0 aliphatic heterocycles. The fourth-order valence-corrected chi connectivity index (χ4v) is 3.03. The van der Waals surface area contributed by atoms with Crippen LogP contribution in [0.2, 0.25) is 0 Å². The zero-order valence-corrected chi connectivity index (χ0v) is 12.4. The Bertz CT molecular complexity index is 817. The van der Waals surface area contributed by atoms with E-state index in [4.69, 9.17) is 10.00 Å². The van der Waals surface area contributed by atoms with E-state index in [2.05, 4.69) is 41.0 Å². The number of nitriles is 1. The van der Waals surface area contributed by atoms with E-state index in [1.165, 1.54) is 10.1 Å². The quantitative estimate of drug-likeness (QED) is 0.776. The van der Waals surface area contributed by atoms with Crippen molar-refractivity contribution in [2.24, 2.45) is 0 Å². The molecule has 0 aliphatic carbocycles. The molecule has 0 atom stereocenters. The fourth-order valence-electron chi connectivity index (χ4n) is 2.26. The highest BCUT2D eigenvalue weighted by Crippen LogP contribution is 2.25. The van der Waals surface area contributed by atoms with Crippen molar-refractivity contribution in [2.75, 3.05) is 12.4 Å². The van der Waals surface area contributed by atoms with Gasteiger partial charge in [-0.25, -0.2) is 0 Å². The van der Waals surface area contributed by atoms with Crippen molar-refractivity contribution in [3.05, 3.63) is 59.0 Å². The molecule has 3 nitrogen and oxygen atoms in total. The van der Waals surface area contributed by atoms with Crippen LogP contribution in [-0.2, 0) is 6.54 Å². The van der Waals surface area contributed by atoms with Crippen LogP contribution in [0.4, 0.5) is 5.69 Å². The van der Waals surface area contributed by atoms with E-state index >= 15 is 0 Å². The first-order valence-electron chi connectivity index (χ1n) is 6.58. The monoisotopic (exact) mass is 294 g/mol. The third-order valence-corrected chi connectivity index (χ3v) is 4.24. The molecule has 3 aromatic rings. The Balaban J connectivity index is 1.82. The topological polar surface area (TPSA) is 45.0 Å². The average molecular weight is 294 g/mol. The van der Waals surface area contributed by atoms with Gasteiger partial charge < -0.3 is 10.1 Å². The van der Waals surface area contributed by atoms with Gasteiger partial charge in [0.15, 0.2) is 0 Å². The summed E-state index contributed by atoms with van der Waals surface area (Å²) in [6, 6.07) is 16.0. The van der Waals surface area contributed by atoms with Crippen LogP contribution in [0.1, 0.15) is 11.1 Å². The molecule has 104 valence electrons. The maximum atomic E-state index is 9.00. The fraction of sp³-hybridized carbons (Fsp3) is 0.118. The molecule has 0 aliphatic rings. The molecule has 2 aromatic carbocycles. The van der Waals surface area contributed by atoms with Gasteiger partial charge in [0.2, 0.25) is 0 Å². The third-order valence-electron chi connectivity index (χ3n) is 3.34. The van der Waals surface area contributed by atoms with E-state index in [0.717, 1.165) is 17.0 Å². The van der Waals surface area contributed by atoms with E-state index in [1.807, 2.05) is 12.1 Å². The van der Waals surface area contributed by atoms with Crippen LogP contribution in [0.3, 0.4) is 0 Å². The molecular weight excluding hydrogens is 280 g/mol. The molecule has 0 radical (unpaired) electrons. The van der Waals surface area contributed by atoms with E-state index in [1.54, 1.807) is 24.5 Å². The molecule has 21 heavy (non-hydrogen) atoms. The SMILES string of the molecule is COc1ccc(C#N)cc1CNc1ccc2sccc2c1. The number of methoxy groups -OCH3 is 1. The third kappa shape index (κ3) is 2.83. The van der Waals surface area contributed by atoms with E-state index in [-0.39, 0.29) is 0 Å².